The van der Waals surface area contributed by atoms with E-state index in [4.69, 9.17) is 9.15 Å². The van der Waals surface area contributed by atoms with Crippen LogP contribution in [0.5, 0.6) is 5.75 Å². The minimum atomic E-state index is -0.631. The molecule has 0 bridgehead atoms. The molecule has 0 N–H and O–H groups in total. The van der Waals surface area contributed by atoms with Crippen molar-refractivity contribution < 1.29 is 13.9 Å². The number of halogens is 1. The molecular weight excluding hydrogens is 480 g/mol. The molecule has 1 aliphatic heterocycles. The van der Waals surface area contributed by atoms with Gasteiger partial charge in [0.1, 0.15) is 11.3 Å². The largest absolute Gasteiger partial charge is 0.494 e. The molecule has 1 atom stereocenters. The van der Waals surface area contributed by atoms with Crippen molar-refractivity contribution in [2.24, 2.45) is 0 Å². The Morgan fingerprint density at radius 3 is 2.71 bits per heavy atom. The van der Waals surface area contributed by atoms with E-state index in [2.05, 4.69) is 20.9 Å². The predicted octanol–water partition coefficient (Wildman–Crippen LogP) is 5.55. The van der Waals surface area contributed by atoms with E-state index < -0.39 is 6.04 Å². The number of rotatable bonds is 5. The number of hydrogen-bond acceptors (Lipinski definition) is 6. The molecule has 2 aromatic heterocycles. The van der Waals surface area contributed by atoms with E-state index in [1.807, 2.05) is 31.2 Å². The van der Waals surface area contributed by atoms with E-state index in [0.717, 1.165) is 22.2 Å². The van der Waals surface area contributed by atoms with Crippen molar-refractivity contribution in [2.45, 2.75) is 19.4 Å². The molecule has 0 radical (unpaired) electrons. The number of ether oxygens (including phenoxy) is 1. The van der Waals surface area contributed by atoms with E-state index in [9.17, 15) is 9.59 Å². The predicted molar refractivity (Wildman–Crippen MR) is 123 cm³/mol. The minimum Gasteiger partial charge on any atom is -0.494 e. The highest BCUT2D eigenvalue weighted by Gasteiger charge is 2.44. The van der Waals surface area contributed by atoms with Crippen LogP contribution in [0.15, 0.2) is 67.7 Å². The third-order valence-corrected chi connectivity index (χ3v) is 6.39. The third-order valence-electron chi connectivity index (χ3n) is 5.13. The maximum Gasteiger partial charge on any atom is 0.297 e. The molecule has 2 aromatic carbocycles. The summed E-state index contributed by atoms with van der Waals surface area (Å²) in [5.41, 5.74) is 1.27. The Kier molecular flexibility index (Phi) is 5.11. The molecule has 1 amide bonds. The van der Waals surface area contributed by atoms with Crippen molar-refractivity contribution >= 4 is 49.3 Å². The molecule has 0 fully saturated rings. The number of carbonyl (C=O) groups is 1. The monoisotopic (exact) mass is 496 g/mol. The summed E-state index contributed by atoms with van der Waals surface area (Å²) in [5, 5.41) is 2.74. The summed E-state index contributed by atoms with van der Waals surface area (Å²) >= 11 is 4.75. The Morgan fingerprint density at radius 2 is 2.00 bits per heavy atom. The highest BCUT2D eigenvalue weighted by atomic mass is 79.9. The number of fused-ring (bicyclic) bond motifs is 2. The van der Waals surface area contributed by atoms with Crippen LogP contribution < -0.4 is 15.1 Å². The van der Waals surface area contributed by atoms with Gasteiger partial charge in [-0.15, -0.1) is 11.3 Å². The van der Waals surface area contributed by atoms with Crippen LogP contribution in [-0.4, -0.2) is 17.5 Å². The number of nitrogens with zero attached hydrogens (tertiary/aromatic N) is 2. The smallest absolute Gasteiger partial charge is 0.297 e. The van der Waals surface area contributed by atoms with Crippen molar-refractivity contribution in [3.8, 4) is 5.75 Å². The summed E-state index contributed by atoms with van der Waals surface area (Å²) in [7, 11) is 0. The first-order valence-corrected chi connectivity index (χ1v) is 11.5. The first kappa shape index (κ1) is 20.0. The summed E-state index contributed by atoms with van der Waals surface area (Å²) in [4.78, 5) is 32.8. The SMILES string of the molecule is CCCOc1ccc([C@H]2c3c(oc4ccc(Br)cc4c3=O)C(=O)N2c2nccs2)cc1. The second-order valence-corrected chi connectivity index (χ2v) is 8.91. The fourth-order valence-corrected chi connectivity index (χ4v) is 4.79. The minimum absolute atomic E-state index is 0.0614. The van der Waals surface area contributed by atoms with Crippen LogP contribution >= 0.6 is 27.3 Å². The van der Waals surface area contributed by atoms with Crippen molar-refractivity contribution in [1.82, 2.24) is 4.98 Å². The van der Waals surface area contributed by atoms with Crippen molar-refractivity contribution in [3.63, 3.8) is 0 Å². The summed E-state index contributed by atoms with van der Waals surface area (Å²) in [6.45, 7) is 2.67. The molecule has 4 aromatic rings. The normalized spacial score (nSPS) is 15.5. The summed E-state index contributed by atoms with van der Waals surface area (Å²) in [6.07, 6.45) is 2.55. The van der Waals surface area contributed by atoms with Gasteiger partial charge in [-0.25, -0.2) is 4.98 Å². The lowest BCUT2D eigenvalue weighted by molar-refractivity contribution is 0.0971. The molecular formula is C23H17BrN2O4S. The van der Waals surface area contributed by atoms with E-state index >= 15 is 0 Å². The van der Waals surface area contributed by atoms with Crippen LogP contribution in [0.2, 0.25) is 0 Å². The second-order valence-electron chi connectivity index (χ2n) is 7.12. The van der Waals surface area contributed by atoms with Gasteiger partial charge in [-0.1, -0.05) is 35.0 Å². The molecule has 6 nitrogen and oxygen atoms in total. The maximum atomic E-state index is 13.5. The van der Waals surface area contributed by atoms with E-state index in [0.29, 0.717) is 28.3 Å². The van der Waals surface area contributed by atoms with Crippen LogP contribution in [0, 0.1) is 0 Å². The number of carbonyl (C=O) groups excluding carboxylic acids is 1. The molecule has 31 heavy (non-hydrogen) atoms. The number of thiazole rings is 1. The third kappa shape index (κ3) is 3.36. The zero-order valence-electron chi connectivity index (χ0n) is 16.5. The van der Waals surface area contributed by atoms with E-state index in [1.54, 1.807) is 29.8 Å². The molecule has 0 unspecified atom stereocenters. The number of aromatic nitrogens is 1. The quantitative estimate of drug-likeness (QED) is 0.362. The van der Waals surface area contributed by atoms with Gasteiger partial charge in [-0.05, 0) is 42.3 Å². The molecule has 5 rings (SSSR count). The Balaban J connectivity index is 1.71. The Bertz CT molecular complexity index is 1330. The van der Waals surface area contributed by atoms with Gasteiger partial charge >= 0.3 is 0 Å². The van der Waals surface area contributed by atoms with Crippen LogP contribution in [0.3, 0.4) is 0 Å². The first-order valence-electron chi connectivity index (χ1n) is 9.80. The first-order chi connectivity index (χ1) is 15.1. The number of anilines is 1. The summed E-state index contributed by atoms with van der Waals surface area (Å²) in [5.74, 6) is 0.430. The van der Waals surface area contributed by atoms with Crippen LogP contribution in [0.1, 0.15) is 41.1 Å². The lowest BCUT2D eigenvalue weighted by Gasteiger charge is -2.22. The van der Waals surface area contributed by atoms with Crippen molar-refractivity contribution in [3.05, 3.63) is 85.6 Å². The van der Waals surface area contributed by atoms with Gasteiger partial charge in [0.05, 0.1) is 23.6 Å². The Labute approximate surface area is 190 Å². The van der Waals surface area contributed by atoms with Gasteiger partial charge < -0.3 is 9.15 Å². The topological polar surface area (TPSA) is 72.6 Å². The van der Waals surface area contributed by atoms with Gasteiger partial charge in [-0.2, -0.15) is 0 Å². The Morgan fingerprint density at radius 1 is 1.19 bits per heavy atom. The van der Waals surface area contributed by atoms with Gasteiger partial charge in [0.15, 0.2) is 10.6 Å². The van der Waals surface area contributed by atoms with Crippen molar-refractivity contribution in [1.29, 1.82) is 0 Å². The van der Waals surface area contributed by atoms with Gasteiger partial charge in [0, 0.05) is 16.0 Å². The van der Waals surface area contributed by atoms with E-state index in [-0.39, 0.29) is 17.1 Å². The summed E-state index contributed by atoms with van der Waals surface area (Å²) in [6, 6.07) is 12.0. The molecule has 156 valence electrons. The Hall–Kier alpha value is -2.97. The van der Waals surface area contributed by atoms with Gasteiger partial charge in [-0.3, -0.25) is 14.5 Å². The summed E-state index contributed by atoms with van der Waals surface area (Å²) < 4.78 is 12.4. The molecule has 0 saturated carbocycles. The molecule has 0 spiro atoms. The van der Waals surface area contributed by atoms with Crippen molar-refractivity contribution in [2.75, 3.05) is 11.5 Å². The van der Waals surface area contributed by atoms with Crippen LogP contribution in [0.25, 0.3) is 11.0 Å². The number of benzene rings is 2. The highest BCUT2D eigenvalue weighted by molar-refractivity contribution is 9.10. The molecule has 8 heteroatoms. The highest BCUT2D eigenvalue weighted by Crippen LogP contribution is 2.42. The zero-order valence-corrected chi connectivity index (χ0v) is 18.9. The molecule has 0 saturated heterocycles. The van der Waals surface area contributed by atoms with Gasteiger partial charge in [0.2, 0.25) is 5.76 Å². The van der Waals surface area contributed by atoms with Gasteiger partial charge in [0.25, 0.3) is 5.91 Å². The average molecular weight is 497 g/mol. The van der Waals surface area contributed by atoms with Crippen LogP contribution in [-0.2, 0) is 0 Å². The average Bonchev–Trinajstić information content (AvgIpc) is 3.40. The second kappa shape index (κ2) is 7.94. The van der Waals surface area contributed by atoms with E-state index in [1.165, 1.54) is 16.2 Å². The standard InChI is InChI=1S/C23H17BrN2O4S/c1-2-10-29-15-6-3-13(4-7-15)19-18-20(27)16-12-14(24)5-8-17(16)30-21(18)22(28)26(19)23-25-9-11-31-23/h3-9,11-12,19H,2,10H2,1H3/t19-/m0/s1. The number of amides is 1. The lowest BCUT2D eigenvalue weighted by Crippen LogP contribution is -2.29. The fraction of sp³-hybridized carbons (Fsp3) is 0.174. The molecule has 3 heterocycles. The maximum absolute atomic E-state index is 13.5. The molecule has 1 aliphatic rings. The van der Waals surface area contributed by atoms with Crippen LogP contribution in [0.4, 0.5) is 5.13 Å². The fourth-order valence-electron chi connectivity index (χ4n) is 3.76. The molecule has 0 aliphatic carbocycles. The lowest BCUT2D eigenvalue weighted by atomic mass is 9.98. The zero-order chi connectivity index (χ0) is 21.5. The number of hydrogen-bond donors (Lipinski definition) is 0.